The number of carbonyl (C=O) groups excluding carboxylic acids is 1. The van der Waals surface area contributed by atoms with E-state index in [1.165, 1.54) is 16.7 Å². The van der Waals surface area contributed by atoms with Gasteiger partial charge in [-0.3, -0.25) is 4.68 Å². The van der Waals surface area contributed by atoms with E-state index >= 15 is 0 Å². The summed E-state index contributed by atoms with van der Waals surface area (Å²) in [6.45, 7) is 0.501. The van der Waals surface area contributed by atoms with Gasteiger partial charge in [-0.2, -0.15) is 5.10 Å². The molecule has 1 aromatic carbocycles. The Morgan fingerprint density at radius 1 is 1.28 bits per heavy atom. The van der Waals surface area contributed by atoms with Crippen LogP contribution in [0.1, 0.15) is 29.5 Å². The number of aromatic nitrogens is 4. The zero-order valence-electron chi connectivity index (χ0n) is 16.1. The second-order valence-corrected chi connectivity index (χ2v) is 7.43. The van der Waals surface area contributed by atoms with Gasteiger partial charge >= 0.3 is 6.03 Å². The number of amides is 2. The number of urea groups is 1. The Morgan fingerprint density at radius 2 is 2.17 bits per heavy atom. The van der Waals surface area contributed by atoms with Crippen molar-refractivity contribution in [2.45, 2.75) is 18.4 Å². The largest absolute Gasteiger partial charge is 0.335 e. The van der Waals surface area contributed by atoms with E-state index in [4.69, 9.17) is 0 Å². The van der Waals surface area contributed by atoms with Crippen molar-refractivity contribution in [1.82, 2.24) is 30.0 Å². The molecule has 0 fully saturated rings. The summed E-state index contributed by atoms with van der Waals surface area (Å²) in [5.41, 5.74) is 5.47. The van der Waals surface area contributed by atoms with Gasteiger partial charge in [0.2, 0.25) is 0 Å². The number of fused-ring (bicyclic) bond motifs is 3. The quantitative estimate of drug-likeness (QED) is 0.723. The van der Waals surface area contributed by atoms with Crippen LogP contribution in [-0.2, 0) is 7.05 Å². The first-order valence-electron chi connectivity index (χ1n) is 9.72. The predicted octanol–water partition coefficient (Wildman–Crippen LogP) is 3.11. The van der Waals surface area contributed by atoms with Crippen LogP contribution in [0.25, 0.3) is 11.3 Å². The molecule has 1 aliphatic heterocycles. The molecule has 0 saturated carbocycles. The van der Waals surface area contributed by atoms with Crippen molar-refractivity contribution in [1.29, 1.82) is 0 Å². The van der Waals surface area contributed by atoms with E-state index in [-0.39, 0.29) is 12.1 Å². The molecule has 0 saturated heterocycles. The minimum atomic E-state index is -0.202. The molecule has 2 aliphatic rings. The molecular formula is C22H22N6O. The summed E-state index contributed by atoms with van der Waals surface area (Å²) >= 11 is 0. The van der Waals surface area contributed by atoms with Gasteiger partial charge in [0.05, 0.1) is 30.5 Å². The molecule has 2 N–H and O–H groups in total. The number of aryl methyl sites for hydroxylation is 1. The fourth-order valence-corrected chi connectivity index (χ4v) is 4.10. The fraction of sp³-hybridized carbons (Fsp3) is 0.227. The maximum atomic E-state index is 12.4. The Hall–Kier alpha value is -3.61. The van der Waals surface area contributed by atoms with Gasteiger partial charge in [0.15, 0.2) is 0 Å². The Morgan fingerprint density at radius 3 is 2.97 bits per heavy atom. The van der Waals surface area contributed by atoms with Gasteiger partial charge in [-0.1, -0.05) is 36.4 Å². The molecular weight excluding hydrogens is 364 g/mol. The monoisotopic (exact) mass is 386 g/mol. The minimum Gasteiger partial charge on any atom is -0.335 e. The fourth-order valence-electron chi connectivity index (χ4n) is 4.10. The summed E-state index contributed by atoms with van der Waals surface area (Å²) in [7, 11) is 1.92. The predicted molar refractivity (Wildman–Crippen MR) is 110 cm³/mol. The van der Waals surface area contributed by atoms with Crippen LogP contribution in [0, 0.1) is 0 Å². The maximum absolute atomic E-state index is 12.4. The van der Waals surface area contributed by atoms with Crippen molar-refractivity contribution in [3.8, 4) is 11.3 Å². The summed E-state index contributed by atoms with van der Waals surface area (Å²) in [6.07, 6.45) is 14.6. The lowest BCUT2D eigenvalue weighted by Crippen LogP contribution is -2.38. The van der Waals surface area contributed by atoms with Crippen LogP contribution < -0.4 is 10.6 Å². The molecule has 3 aromatic rings. The van der Waals surface area contributed by atoms with Gasteiger partial charge in [-0.25, -0.2) is 9.78 Å². The number of hydrogen-bond acceptors (Lipinski definition) is 3. The zero-order valence-corrected chi connectivity index (χ0v) is 16.1. The number of allylic oxidation sites excluding steroid dienone is 3. The number of carbonyl (C=O) groups is 1. The summed E-state index contributed by atoms with van der Waals surface area (Å²) < 4.78 is 3.92. The van der Waals surface area contributed by atoms with Crippen molar-refractivity contribution in [2.24, 2.45) is 7.05 Å². The van der Waals surface area contributed by atoms with Crippen molar-refractivity contribution in [2.75, 3.05) is 6.54 Å². The molecule has 1 aliphatic carbocycles. The van der Waals surface area contributed by atoms with Crippen LogP contribution >= 0.6 is 0 Å². The van der Waals surface area contributed by atoms with Crippen molar-refractivity contribution < 1.29 is 4.79 Å². The van der Waals surface area contributed by atoms with Gasteiger partial charge in [0.1, 0.15) is 0 Å². The first kappa shape index (κ1) is 17.5. The topological polar surface area (TPSA) is 76.8 Å². The van der Waals surface area contributed by atoms with Gasteiger partial charge in [0.25, 0.3) is 0 Å². The van der Waals surface area contributed by atoms with Crippen LogP contribution in [0.3, 0.4) is 0 Å². The van der Waals surface area contributed by atoms with E-state index in [1.807, 2.05) is 50.2 Å². The molecule has 2 aromatic heterocycles. The van der Waals surface area contributed by atoms with Crippen LogP contribution in [0.4, 0.5) is 4.79 Å². The molecule has 0 radical (unpaired) electrons. The second-order valence-electron chi connectivity index (χ2n) is 7.43. The van der Waals surface area contributed by atoms with Gasteiger partial charge in [-0.05, 0) is 23.6 Å². The molecule has 2 amide bonds. The normalized spacial score (nSPS) is 19.4. The van der Waals surface area contributed by atoms with Gasteiger partial charge in [-0.15, -0.1) is 0 Å². The van der Waals surface area contributed by atoms with Crippen LogP contribution in [0.5, 0.6) is 0 Å². The molecule has 0 bridgehead atoms. The van der Waals surface area contributed by atoms with Gasteiger partial charge < -0.3 is 15.2 Å². The molecule has 2 unspecified atom stereocenters. The van der Waals surface area contributed by atoms with E-state index < -0.39 is 0 Å². The Balaban J connectivity index is 1.20. The summed E-state index contributed by atoms with van der Waals surface area (Å²) in [5, 5.41) is 10.2. The maximum Gasteiger partial charge on any atom is 0.319 e. The zero-order chi connectivity index (χ0) is 19.8. The average Bonchev–Trinajstić information content (AvgIpc) is 3.44. The Labute approximate surface area is 168 Å². The Kier molecular flexibility index (Phi) is 4.27. The molecule has 5 rings (SSSR count). The molecule has 0 spiro atoms. The molecule has 3 heterocycles. The van der Waals surface area contributed by atoms with E-state index in [0.29, 0.717) is 12.5 Å². The van der Waals surface area contributed by atoms with E-state index in [2.05, 4.69) is 49.6 Å². The first-order chi connectivity index (χ1) is 14.2. The highest BCUT2D eigenvalue weighted by atomic mass is 16.2. The number of hydrogen-bond donors (Lipinski definition) is 2. The van der Waals surface area contributed by atoms with E-state index in [0.717, 1.165) is 17.8 Å². The second kappa shape index (κ2) is 7.09. The number of imidazole rings is 1. The summed E-state index contributed by atoms with van der Waals surface area (Å²) in [4.78, 5) is 16.7. The smallest absolute Gasteiger partial charge is 0.319 e. The first-order valence-corrected chi connectivity index (χ1v) is 9.72. The van der Waals surface area contributed by atoms with Crippen LogP contribution in [0.15, 0.2) is 73.1 Å². The highest BCUT2D eigenvalue weighted by Crippen LogP contribution is 2.38. The lowest BCUT2D eigenvalue weighted by Gasteiger charge is -2.18. The van der Waals surface area contributed by atoms with Crippen LogP contribution in [0.2, 0.25) is 0 Å². The summed E-state index contributed by atoms with van der Waals surface area (Å²) in [5.74, 6) is 0.298. The number of benzene rings is 1. The van der Waals surface area contributed by atoms with Crippen molar-refractivity contribution in [3.63, 3.8) is 0 Å². The summed E-state index contributed by atoms with van der Waals surface area (Å²) in [6, 6.07) is 8.12. The number of rotatable bonds is 4. The number of nitrogens with one attached hydrogen (secondary N) is 2. The molecule has 7 heteroatoms. The third kappa shape index (κ3) is 3.24. The third-order valence-corrected chi connectivity index (χ3v) is 5.56. The third-order valence-electron chi connectivity index (χ3n) is 5.56. The lowest BCUT2D eigenvalue weighted by molar-refractivity contribution is 0.242. The van der Waals surface area contributed by atoms with Gasteiger partial charge in [0, 0.05) is 37.0 Å². The highest BCUT2D eigenvalue weighted by Gasteiger charge is 2.28. The molecule has 146 valence electrons. The van der Waals surface area contributed by atoms with Crippen molar-refractivity contribution in [3.05, 3.63) is 84.2 Å². The SMILES string of the molecule is Cn1cc(C2C=CC(NC(=O)NCC3c4ccccc4-c4cncn43)=CC2)cn1. The molecule has 2 atom stereocenters. The highest BCUT2D eigenvalue weighted by molar-refractivity contribution is 5.77. The Bertz CT molecular complexity index is 1120. The van der Waals surface area contributed by atoms with Crippen LogP contribution in [-0.4, -0.2) is 31.9 Å². The van der Waals surface area contributed by atoms with E-state index in [9.17, 15) is 4.79 Å². The molecule has 29 heavy (non-hydrogen) atoms. The average molecular weight is 386 g/mol. The molecule has 7 nitrogen and oxygen atoms in total. The minimum absolute atomic E-state index is 0.0558. The van der Waals surface area contributed by atoms with E-state index in [1.54, 1.807) is 4.68 Å². The number of nitrogens with zero attached hydrogens (tertiary/aromatic N) is 4. The van der Waals surface area contributed by atoms with Crippen molar-refractivity contribution >= 4 is 6.03 Å². The lowest BCUT2D eigenvalue weighted by atomic mass is 9.94. The standard InChI is InChI=1S/C22H22N6O/c1-27-13-16(10-25-27)15-6-8-17(9-7-15)26-22(29)24-12-21-19-5-3-2-4-18(19)20-11-23-14-28(20)21/h2-6,8-11,13-15,21H,7,12H2,1H3,(H2,24,26,29).